The van der Waals surface area contributed by atoms with Crippen LogP contribution in [0.3, 0.4) is 0 Å². The predicted molar refractivity (Wildman–Crippen MR) is 72.9 cm³/mol. The molecule has 0 saturated heterocycles. The second-order valence-electron chi connectivity index (χ2n) is 4.14. The van der Waals surface area contributed by atoms with Crippen LogP contribution in [-0.4, -0.2) is 30.8 Å². The molecule has 0 aliphatic carbocycles. The third-order valence-corrected chi connectivity index (χ3v) is 3.91. The molecule has 102 valence electrons. The van der Waals surface area contributed by atoms with E-state index >= 15 is 0 Å². The lowest BCUT2D eigenvalue weighted by Crippen LogP contribution is -2.40. The molecule has 1 aromatic rings. The molecule has 0 fully saturated rings. The Morgan fingerprint density at radius 3 is 2.83 bits per heavy atom. The van der Waals surface area contributed by atoms with E-state index in [9.17, 15) is 4.79 Å². The maximum Gasteiger partial charge on any atom is 0.315 e. The first-order chi connectivity index (χ1) is 8.56. The Labute approximate surface area is 112 Å². The molecule has 0 unspecified atom stereocenters. The Bertz CT molecular complexity index is 381. The van der Waals surface area contributed by atoms with E-state index in [1.807, 2.05) is 20.0 Å². The zero-order chi connectivity index (χ0) is 13.5. The Hall–Kier alpha value is -1.14. The van der Waals surface area contributed by atoms with Crippen molar-refractivity contribution in [2.45, 2.75) is 39.3 Å². The van der Waals surface area contributed by atoms with E-state index in [1.54, 1.807) is 18.4 Å². The summed E-state index contributed by atoms with van der Waals surface area (Å²) in [5.41, 5.74) is 0. The number of aromatic nitrogens is 1. The van der Waals surface area contributed by atoms with Gasteiger partial charge in [-0.05, 0) is 20.3 Å². The molecule has 0 saturated carbocycles. The molecule has 0 aromatic carbocycles. The number of carbonyl (C=O) groups excluding carboxylic acids is 1. The number of aryl methyl sites for hydroxylation is 1. The number of thiazole rings is 1. The van der Waals surface area contributed by atoms with Crippen molar-refractivity contribution in [1.29, 1.82) is 0 Å². The van der Waals surface area contributed by atoms with Gasteiger partial charge in [-0.2, -0.15) is 0 Å². The van der Waals surface area contributed by atoms with E-state index < -0.39 is 0 Å². The largest absolute Gasteiger partial charge is 0.380 e. The maximum atomic E-state index is 11.6. The quantitative estimate of drug-likeness (QED) is 0.833. The number of methoxy groups -OCH3 is 1. The van der Waals surface area contributed by atoms with Crippen molar-refractivity contribution in [3.05, 3.63) is 16.1 Å². The summed E-state index contributed by atoms with van der Waals surface area (Å²) in [4.78, 5) is 17.2. The number of nitrogens with one attached hydrogen (secondary N) is 2. The summed E-state index contributed by atoms with van der Waals surface area (Å²) in [7, 11) is 1.62. The van der Waals surface area contributed by atoms with Gasteiger partial charge in [-0.15, -0.1) is 11.3 Å². The molecule has 0 aliphatic rings. The summed E-state index contributed by atoms with van der Waals surface area (Å²) in [6.07, 6.45) is 2.85. The van der Waals surface area contributed by atoms with Crippen LogP contribution in [0.1, 0.15) is 36.7 Å². The highest BCUT2D eigenvalue weighted by molar-refractivity contribution is 7.11. The minimum absolute atomic E-state index is 0.0117. The van der Waals surface area contributed by atoms with Gasteiger partial charge in [-0.3, -0.25) is 0 Å². The van der Waals surface area contributed by atoms with Gasteiger partial charge in [0, 0.05) is 24.7 Å². The molecule has 18 heavy (non-hydrogen) atoms. The van der Waals surface area contributed by atoms with Crippen LogP contribution < -0.4 is 10.6 Å². The summed E-state index contributed by atoms with van der Waals surface area (Å²) in [5, 5.41) is 6.54. The number of amides is 2. The van der Waals surface area contributed by atoms with Gasteiger partial charge in [0.2, 0.25) is 0 Å². The summed E-state index contributed by atoms with van der Waals surface area (Å²) in [5.74, 6) is 0. The molecule has 0 spiro atoms. The average molecular weight is 271 g/mol. The van der Waals surface area contributed by atoms with Crippen molar-refractivity contribution >= 4 is 17.4 Å². The Morgan fingerprint density at radius 1 is 1.56 bits per heavy atom. The fourth-order valence-electron chi connectivity index (χ4n) is 1.32. The lowest BCUT2D eigenvalue weighted by Gasteiger charge is -2.14. The lowest BCUT2D eigenvalue weighted by atomic mass is 10.3. The third kappa shape index (κ3) is 4.62. The van der Waals surface area contributed by atoms with Gasteiger partial charge in [0.15, 0.2) is 0 Å². The Morgan fingerprint density at radius 2 is 2.28 bits per heavy atom. The van der Waals surface area contributed by atoms with E-state index in [0.717, 1.165) is 11.4 Å². The van der Waals surface area contributed by atoms with Crippen LogP contribution in [-0.2, 0) is 11.2 Å². The van der Waals surface area contributed by atoms with Gasteiger partial charge >= 0.3 is 6.03 Å². The van der Waals surface area contributed by atoms with Crippen LogP contribution in [0.15, 0.2) is 6.20 Å². The number of nitrogens with zero attached hydrogens (tertiary/aromatic N) is 1. The number of rotatable bonds is 6. The first-order valence-corrected chi connectivity index (χ1v) is 6.90. The van der Waals surface area contributed by atoms with Crippen LogP contribution in [0.4, 0.5) is 4.79 Å². The first-order valence-electron chi connectivity index (χ1n) is 6.08. The van der Waals surface area contributed by atoms with Crippen molar-refractivity contribution in [2.24, 2.45) is 0 Å². The average Bonchev–Trinajstić information content (AvgIpc) is 2.84. The van der Waals surface area contributed by atoms with Gasteiger partial charge in [0.1, 0.15) is 5.01 Å². The predicted octanol–water partition coefficient (Wildman–Crippen LogP) is 2.10. The molecule has 2 amide bonds. The Kier molecular flexibility index (Phi) is 6.07. The van der Waals surface area contributed by atoms with Crippen LogP contribution in [0.5, 0.6) is 0 Å². The zero-order valence-electron chi connectivity index (χ0n) is 11.3. The van der Waals surface area contributed by atoms with E-state index in [0.29, 0.717) is 6.54 Å². The van der Waals surface area contributed by atoms with Crippen molar-refractivity contribution in [3.63, 3.8) is 0 Å². The van der Waals surface area contributed by atoms with E-state index in [1.165, 1.54) is 4.88 Å². The standard InChI is InChI=1S/C12H21N3O2S/c1-5-10-7-13-11(18-10)9(3)15-12(16)14-6-8(2)17-4/h7-9H,5-6H2,1-4H3,(H2,14,15,16)/t8-,9+/m0/s1. The third-order valence-electron chi connectivity index (χ3n) is 2.59. The van der Waals surface area contributed by atoms with Crippen molar-refractivity contribution in [3.8, 4) is 0 Å². The molecule has 6 heteroatoms. The van der Waals surface area contributed by atoms with Crippen LogP contribution in [0, 0.1) is 0 Å². The molecule has 0 bridgehead atoms. The highest BCUT2D eigenvalue weighted by Gasteiger charge is 2.13. The normalized spacial score (nSPS) is 14.0. The summed E-state index contributed by atoms with van der Waals surface area (Å²) in [6, 6.07) is -0.271. The monoisotopic (exact) mass is 271 g/mol. The minimum Gasteiger partial charge on any atom is -0.380 e. The highest BCUT2D eigenvalue weighted by atomic mass is 32.1. The van der Waals surface area contributed by atoms with Crippen LogP contribution >= 0.6 is 11.3 Å². The summed E-state index contributed by atoms with van der Waals surface area (Å²) < 4.78 is 5.06. The molecular formula is C12H21N3O2S. The van der Waals surface area contributed by atoms with Gasteiger partial charge in [0.25, 0.3) is 0 Å². The van der Waals surface area contributed by atoms with Crippen molar-refractivity contribution in [2.75, 3.05) is 13.7 Å². The van der Waals surface area contributed by atoms with Gasteiger partial charge < -0.3 is 15.4 Å². The molecule has 1 aromatic heterocycles. The number of hydrogen-bond acceptors (Lipinski definition) is 4. The van der Waals surface area contributed by atoms with Crippen molar-refractivity contribution < 1.29 is 9.53 Å². The summed E-state index contributed by atoms with van der Waals surface area (Å²) in [6.45, 7) is 6.41. The van der Waals surface area contributed by atoms with Gasteiger partial charge in [-0.1, -0.05) is 6.92 Å². The van der Waals surface area contributed by atoms with Crippen LogP contribution in [0.2, 0.25) is 0 Å². The molecule has 0 radical (unpaired) electrons. The van der Waals surface area contributed by atoms with E-state index in [-0.39, 0.29) is 18.2 Å². The number of urea groups is 1. The number of carbonyl (C=O) groups is 1. The molecule has 1 heterocycles. The second-order valence-corrected chi connectivity index (χ2v) is 5.29. The second kappa shape index (κ2) is 7.33. The molecule has 2 atom stereocenters. The van der Waals surface area contributed by atoms with E-state index in [4.69, 9.17) is 4.74 Å². The van der Waals surface area contributed by atoms with Crippen molar-refractivity contribution in [1.82, 2.24) is 15.6 Å². The number of ether oxygens (including phenoxy) is 1. The topological polar surface area (TPSA) is 63.2 Å². The van der Waals surface area contributed by atoms with Gasteiger partial charge in [-0.25, -0.2) is 9.78 Å². The maximum absolute atomic E-state index is 11.6. The Balaban J connectivity index is 2.39. The molecule has 2 N–H and O–H groups in total. The van der Waals surface area contributed by atoms with Crippen LogP contribution in [0.25, 0.3) is 0 Å². The molecular weight excluding hydrogens is 250 g/mol. The SMILES string of the molecule is CCc1cnc([C@@H](C)NC(=O)NC[C@H](C)OC)s1. The van der Waals surface area contributed by atoms with Gasteiger partial charge in [0.05, 0.1) is 12.1 Å². The molecule has 0 aliphatic heterocycles. The molecule has 5 nitrogen and oxygen atoms in total. The lowest BCUT2D eigenvalue weighted by molar-refractivity contribution is 0.118. The fraction of sp³-hybridized carbons (Fsp3) is 0.667. The number of hydrogen-bond donors (Lipinski definition) is 2. The fourth-order valence-corrected chi connectivity index (χ4v) is 2.17. The zero-order valence-corrected chi connectivity index (χ0v) is 12.1. The van der Waals surface area contributed by atoms with E-state index in [2.05, 4.69) is 22.5 Å². The minimum atomic E-state index is -0.195. The highest BCUT2D eigenvalue weighted by Crippen LogP contribution is 2.19. The smallest absolute Gasteiger partial charge is 0.315 e. The molecule has 1 rings (SSSR count). The first kappa shape index (κ1) is 14.9. The summed E-state index contributed by atoms with van der Waals surface area (Å²) >= 11 is 1.63.